The first kappa shape index (κ1) is 20.5. The Balaban J connectivity index is 1.50. The molecular weight excluding hydrogens is 372 g/mol. The summed E-state index contributed by atoms with van der Waals surface area (Å²) in [5, 5.41) is 2.88. The fourth-order valence-corrected chi connectivity index (χ4v) is 4.27. The second-order valence-corrected chi connectivity index (χ2v) is 9.11. The number of hydrogen-bond donors (Lipinski definition) is 0. The van der Waals surface area contributed by atoms with Crippen molar-refractivity contribution in [2.75, 3.05) is 13.1 Å². The molecule has 3 rings (SSSR count). The number of ketones is 1. The molecule has 1 aromatic heterocycles. The van der Waals surface area contributed by atoms with Crippen LogP contribution < -0.4 is 0 Å². The highest BCUT2D eigenvalue weighted by Crippen LogP contribution is 2.31. The van der Waals surface area contributed by atoms with Gasteiger partial charge in [-0.15, -0.1) is 11.3 Å². The molecule has 0 atom stereocenters. The first-order valence-electron chi connectivity index (χ1n) is 9.82. The van der Waals surface area contributed by atoms with Crippen molar-refractivity contribution in [1.29, 1.82) is 0 Å². The van der Waals surface area contributed by atoms with Crippen LogP contribution in [0.1, 0.15) is 67.0 Å². The Kier molecular flexibility index (Phi) is 6.50. The molecule has 6 heteroatoms. The molecule has 1 amide bonds. The average Bonchev–Trinajstić information content (AvgIpc) is 3.16. The molecule has 0 spiro atoms. The highest BCUT2D eigenvalue weighted by molar-refractivity contribution is 7.09. The van der Waals surface area contributed by atoms with Gasteiger partial charge in [0.2, 0.25) is 0 Å². The standard InChI is InChI=1S/C22H28N2O3S/c1-22(2,3)27-21(26)24-13-11-17(12-14-24)20-23-18(15-28-20)19(25)10-9-16-7-5-4-6-8-16/h4-8,15,17H,9-14H2,1-3H3. The quantitative estimate of drug-likeness (QED) is 0.657. The smallest absolute Gasteiger partial charge is 0.410 e. The maximum Gasteiger partial charge on any atom is 0.410 e. The van der Waals surface area contributed by atoms with Gasteiger partial charge in [0, 0.05) is 30.8 Å². The highest BCUT2D eigenvalue weighted by Gasteiger charge is 2.29. The molecule has 0 aliphatic carbocycles. The maximum atomic E-state index is 12.5. The zero-order chi connectivity index (χ0) is 20.1. The summed E-state index contributed by atoms with van der Waals surface area (Å²) in [7, 11) is 0. The van der Waals surface area contributed by atoms with Crippen molar-refractivity contribution >= 4 is 23.2 Å². The molecule has 1 saturated heterocycles. The molecule has 2 aromatic rings. The average molecular weight is 401 g/mol. The van der Waals surface area contributed by atoms with Gasteiger partial charge in [-0.3, -0.25) is 4.79 Å². The summed E-state index contributed by atoms with van der Waals surface area (Å²) in [5.41, 5.74) is 1.27. The third kappa shape index (κ3) is 5.64. The van der Waals surface area contributed by atoms with Gasteiger partial charge in [0.15, 0.2) is 5.78 Å². The van der Waals surface area contributed by atoms with Gasteiger partial charge in [-0.1, -0.05) is 30.3 Å². The summed E-state index contributed by atoms with van der Waals surface area (Å²) >= 11 is 1.56. The van der Waals surface area contributed by atoms with E-state index in [1.54, 1.807) is 16.2 Å². The Morgan fingerprint density at radius 2 is 1.86 bits per heavy atom. The van der Waals surface area contributed by atoms with Gasteiger partial charge in [-0.25, -0.2) is 9.78 Å². The number of aryl methyl sites for hydroxylation is 1. The van der Waals surface area contributed by atoms with E-state index in [-0.39, 0.29) is 11.9 Å². The van der Waals surface area contributed by atoms with Gasteiger partial charge in [0.05, 0.1) is 5.01 Å². The molecule has 150 valence electrons. The molecule has 0 bridgehead atoms. The van der Waals surface area contributed by atoms with Gasteiger partial charge in [-0.05, 0) is 45.6 Å². The van der Waals surface area contributed by atoms with Gasteiger partial charge in [0.1, 0.15) is 11.3 Å². The number of aromatic nitrogens is 1. The summed E-state index contributed by atoms with van der Waals surface area (Å²) in [4.78, 5) is 31.0. The number of ether oxygens (including phenoxy) is 1. The van der Waals surface area contributed by atoms with Crippen LogP contribution >= 0.6 is 11.3 Å². The van der Waals surface area contributed by atoms with Crippen LogP contribution in [0.25, 0.3) is 0 Å². The van der Waals surface area contributed by atoms with E-state index in [1.807, 2.05) is 56.5 Å². The van der Waals surface area contributed by atoms with Crippen LogP contribution in [0.4, 0.5) is 4.79 Å². The van der Waals surface area contributed by atoms with Gasteiger partial charge in [0.25, 0.3) is 0 Å². The van der Waals surface area contributed by atoms with Crippen molar-refractivity contribution in [3.05, 3.63) is 52.0 Å². The molecule has 0 unspecified atom stereocenters. The third-order valence-electron chi connectivity index (χ3n) is 4.79. The number of piperidine rings is 1. The predicted molar refractivity (Wildman–Crippen MR) is 111 cm³/mol. The van der Waals surface area contributed by atoms with Gasteiger partial charge >= 0.3 is 6.09 Å². The molecule has 0 N–H and O–H groups in total. The second-order valence-electron chi connectivity index (χ2n) is 8.22. The van der Waals surface area contributed by atoms with E-state index >= 15 is 0 Å². The minimum atomic E-state index is -0.474. The van der Waals surface area contributed by atoms with E-state index < -0.39 is 5.60 Å². The fourth-order valence-electron chi connectivity index (χ4n) is 3.27. The van der Waals surface area contributed by atoms with Crippen molar-refractivity contribution in [1.82, 2.24) is 9.88 Å². The summed E-state index contributed by atoms with van der Waals surface area (Å²) in [6.45, 7) is 6.96. The van der Waals surface area contributed by atoms with Crippen molar-refractivity contribution in [2.24, 2.45) is 0 Å². The Morgan fingerprint density at radius 1 is 1.18 bits per heavy atom. The highest BCUT2D eigenvalue weighted by atomic mass is 32.1. The number of nitrogens with zero attached hydrogens (tertiary/aromatic N) is 2. The van der Waals surface area contributed by atoms with E-state index in [0.717, 1.165) is 24.3 Å². The lowest BCUT2D eigenvalue weighted by Gasteiger charge is -2.32. The number of rotatable bonds is 5. The summed E-state index contributed by atoms with van der Waals surface area (Å²) < 4.78 is 5.45. The second kappa shape index (κ2) is 8.86. The largest absolute Gasteiger partial charge is 0.444 e. The van der Waals surface area contributed by atoms with E-state index in [0.29, 0.717) is 31.1 Å². The number of benzene rings is 1. The van der Waals surface area contributed by atoms with Crippen LogP contribution in [-0.2, 0) is 11.2 Å². The number of amides is 1. The summed E-state index contributed by atoms with van der Waals surface area (Å²) in [5.74, 6) is 0.400. The van der Waals surface area contributed by atoms with Crippen LogP contribution in [0.15, 0.2) is 35.7 Å². The number of carbonyl (C=O) groups excluding carboxylic acids is 2. The maximum absolute atomic E-state index is 12.5. The van der Waals surface area contributed by atoms with Crippen LogP contribution in [0.2, 0.25) is 0 Å². The first-order chi connectivity index (χ1) is 13.3. The van der Waals surface area contributed by atoms with E-state index in [4.69, 9.17) is 4.74 Å². The molecule has 1 aliphatic heterocycles. The van der Waals surface area contributed by atoms with Crippen molar-refractivity contribution in [3.63, 3.8) is 0 Å². The minimum Gasteiger partial charge on any atom is -0.444 e. The SMILES string of the molecule is CC(C)(C)OC(=O)N1CCC(c2nc(C(=O)CCc3ccccc3)cs2)CC1. The number of carbonyl (C=O) groups is 2. The predicted octanol–water partition coefficient (Wildman–Crippen LogP) is 5.07. The van der Waals surface area contributed by atoms with Crippen LogP contribution in [0.3, 0.4) is 0 Å². The number of hydrogen-bond acceptors (Lipinski definition) is 5. The molecule has 0 saturated carbocycles. The van der Waals surface area contributed by atoms with Crippen molar-refractivity contribution < 1.29 is 14.3 Å². The lowest BCUT2D eigenvalue weighted by atomic mass is 9.98. The van der Waals surface area contributed by atoms with Crippen LogP contribution in [-0.4, -0.2) is 40.5 Å². The van der Waals surface area contributed by atoms with E-state index in [9.17, 15) is 9.59 Å². The topological polar surface area (TPSA) is 59.5 Å². The van der Waals surface area contributed by atoms with Crippen LogP contribution in [0.5, 0.6) is 0 Å². The normalized spacial score (nSPS) is 15.5. The third-order valence-corrected chi connectivity index (χ3v) is 5.79. The molecule has 1 fully saturated rings. The minimum absolute atomic E-state index is 0.0949. The molecule has 2 heterocycles. The Morgan fingerprint density at radius 3 is 2.50 bits per heavy atom. The molecule has 28 heavy (non-hydrogen) atoms. The molecule has 1 aliphatic rings. The van der Waals surface area contributed by atoms with E-state index in [1.165, 1.54) is 5.56 Å². The molecule has 1 aromatic carbocycles. The van der Waals surface area contributed by atoms with Gasteiger partial charge in [-0.2, -0.15) is 0 Å². The number of likely N-dealkylation sites (tertiary alicyclic amines) is 1. The lowest BCUT2D eigenvalue weighted by Crippen LogP contribution is -2.41. The lowest BCUT2D eigenvalue weighted by molar-refractivity contribution is 0.0205. The molecular formula is C22H28N2O3S. The van der Waals surface area contributed by atoms with Crippen molar-refractivity contribution in [2.45, 2.75) is 58.0 Å². The summed E-state index contributed by atoms with van der Waals surface area (Å²) in [6.07, 6.45) is 2.67. The zero-order valence-corrected chi connectivity index (χ0v) is 17.6. The number of thiazole rings is 1. The number of Topliss-reactive ketones (excluding diaryl/α,β-unsaturated/α-hetero) is 1. The monoisotopic (exact) mass is 400 g/mol. The molecule has 0 radical (unpaired) electrons. The van der Waals surface area contributed by atoms with Crippen LogP contribution in [0, 0.1) is 0 Å². The first-order valence-corrected chi connectivity index (χ1v) is 10.7. The summed E-state index contributed by atoms with van der Waals surface area (Å²) in [6, 6.07) is 10.0. The van der Waals surface area contributed by atoms with Gasteiger partial charge < -0.3 is 9.64 Å². The van der Waals surface area contributed by atoms with E-state index in [2.05, 4.69) is 4.98 Å². The fraction of sp³-hybridized carbons (Fsp3) is 0.500. The van der Waals surface area contributed by atoms with Crippen molar-refractivity contribution in [3.8, 4) is 0 Å². The Labute approximate surface area is 170 Å². The Bertz CT molecular complexity index is 803. The molecule has 5 nitrogen and oxygen atoms in total. The zero-order valence-electron chi connectivity index (χ0n) is 16.8. The Hall–Kier alpha value is -2.21.